The highest BCUT2D eigenvalue weighted by Crippen LogP contribution is 2.66. The maximum atomic E-state index is 12.2. The number of carbonyl (C=O) groups is 1. The summed E-state index contributed by atoms with van der Waals surface area (Å²) in [5.41, 5.74) is 0.190. The fraction of sp³-hybridized carbons (Fsp3) is 0.950. The topological polar surface area (TPSA) is 57.5 Å². The number of fused-ring (bicyclic) bond motifs is 5. The summed E-state index contributed by atoms with van der Waals surface area (Å²) >= 11 is 0. The molecule has 0 aliphatic heterocycles. The van der Waals surface area contributed by atoms with Crippen molar-refractivity contribution >= 4 is 5.78 Å². The van der Waals surface area contributed by atoms with Crippen LogP contribution in [-0.2, 0) is 4.79 Å². The Morgan fingerprint density at radius 1 is 1.04 bits per heavy atom. The summed E-state index contributed by atoms with van der Waals surface area (Å²) in [6.45, 7) is 6.77. The molecule has 2 N–H and O–H groups in total. The van der Waals surface area contributed by atoms with Gasteiger partial charge < -0.3 is 10.2 Å². The Balaban J connectivity index is 1.65. The van der Waals surface area contributed by atoms with Gasteiger partial charge in [-0.25, -0.2) is 0 Å². The fourth-order valence-corrected chi connectivity index (χ4v) is 7.39. The first-order valence-electron chi connectivity index (χ1n) is 9.66. The van der Waals surface area contributed by atoms with E-state index in [9.17, 15) is 15.0 Å². The molecular formula is C20H32O3. The van der Waals surface area contributed by atoms with Crippen molar-refractivity contribution in [2.24, 2.45) is 40.4 Å². The monoisotopic (exact) mass is 320 g/mol. The second kappa shape index (κ2) is 5.05. The van der Waals surface area contributed by atoms with Crippen LogP contribution in [-0.4, -0.2) is 28.2 Å². The third-order valence-corrected chi connectivity index (χ3v) is 8.78. The zero-order valence-corrected chi connectivity index (χ0v) is 14.8. The molecule has 4 fully saturated rings. The summed E-state index contributed by atoms with van der Waals surface area (Å²) in [7, 11) is 0. The van der Waals surface area contributed by atoms with E-state index in [1.807, 2.05) is 0 Å². The summed E-state index contributed by atoms with van der Waals surface area (Å²) in [4.78, 5) is 12.2. The lowest BCUT2D eigenvalue weighted by Crippen LogP contribution is -2.55. The van der Waals surface area contributed by atoms with E-state index < -0.39 is 12.2 Å². The minimum absolute atomic E-state index is 0.0973. The van der Waals surface area contributed by atoms with E-state index in [1.165, 1.54) is 6.42 Å². The molecule has 0 heterocycles. The van der Waals surface area contributed by atoms with Crippen LogP contribution >= 0.6 is 0 Å². The van der Waals surface area contributed by atoms with Crippen LogP contribution in [0.1, 0.15) is 65.7 Å². The molecule has 3 heteroatoms. The maximum absolute atomic E-state index is 12.2. The molecule has 0 aromatic carbocycles. The van der Waals surface area contributed by atoms with Gasteiger partial charge in [-0.15, -0.1) is 0 Å². The minimum Gasteiger partial charge on any atom is -0.390 e. The van der Waals surface area contributed by atoms with E-state index in [0.29, 0.717) is 29.5 Å². The van der Waals surface area contributed by atoms with Gasteiger partial charge in [0.2, 0.25) is 0 Å². The van der Waals surface area contributed by atoms with Gasteiger partial charge in [0.15, 0.2) is 0 Å². The molecule has 0 aromatic heterocycles. The van der Waals surface area contributed by atoms with Crippen LogP contribution in [0.15, 0.2) is 0 Å². The zero-order chi connectivity index (χ0) is 16.6. The van der Waals surface area contributed by atoms with Crippen molar-refractivity contribution < 1.29 is 15.0 Å². The third-order valence-electron chi connectivity index (χ3n) is 8.78. The van der Waals surface area contributed by atoms with Crippen LogP contribution in [0.5, 0.6) is 0 Å². The van der Waals surface area contributed by atoms with Crippen LogP contribution in [0, 0.1) is 40.4 Å². The molecule has 4 aliphatic rings. The Morgan fingerprint density at radius 3 is 2.52 bits per heavy atom. The van der Waals surface area contributed by atoms with Gasteiger partial charge in [0.1, 0.15) is 5.78 Å². The highest BCUT2D eigenvalue weighted by atomic mass is 16.3. The molecule has 0 radical (unpaired) electrons. The van der Waals surface area contributed by atoms with Crippen molar-refractivity contribution in [1.82, 2.24) is 0 Å². The van der Waals surface area contributed by atoms with Crippen LogP contribution in [0.3, 0.4) is 0 Å². The van der Waals surface area contributed by atoms with Crippen molar-refractivity contribution in [3.63, 3.8) is 0 Å². The number of hydrogen-bond acceptors (Lipinski definition) is 3. The third kappa shape index (κ3) is 2.05. The molecule has 4 rings (SSSR count). The molecule has 4 saturated carbocycles. The number of hydrogen-bond donors (Lipinski definition) is 2. The van der Waals surface area contributed by atoms with E-state index >= 15 is 0 Å². The van der Waals surface area contributed by atoms with E-state index in [2.05, 4.69) is 20.8 Å². The summed E-state index contributed by atoms with van der Waals surface area (Å²) in [5, 5.41) is 20.8. The van der Waals surface area contributed by atoms with Gasteiger partial charge in [0, 0.05) is 12.3 Å². The van der Waals surface area contributed by atoms with Crippen molar-refractivity contribution in [1.29, 1.82) is 0 Å². The second-order valence-corrected chi connectivity index (χ2v) is 9.72. The Kier molecular flexibility index (Phi) is 3.53. The largest absolute Gasteiger partial charge is 0.390 e. The normalized spacial score (nSPS) is 59.2. The lowest BCUT2D eigenvalue weighted by atomic mass is 9.44. The molecule has 9 atom stereocenters. The number of rotatable bonds is 0. The summed E-state index contributed by atoms with van der Waals surface area (Å²) in [6.07, 6.45) is 6.05. The van der Waals surface area contributed by atoms with Crippen LogP contribution < -0.4 is 0 Å². The van der Waals surface area contributed by atoms with Gasteiger partial charge >= 0.3 is 0 Å². The minimum atomic E-state index is -0.550. The summed E-state index contributed by atoms with van der Waals surface area (Å²) in [6, 6.07) is 0. The van der Waals surface area contributed by atoms with Crippen LogP contribution in [0.2, 0.25) is 0 Å². The second-order valence-electron chi connectivity index (χ2n) is 9.72. The van der Waals surface area contributed by atoms with E-state index in [0.717, 1.165) is 38.5 Å². The van der Waals surface area contributed by atoms with E-state index in [1.54, 1.807) is 0 Å². The molecule has 4 aliphatic carbocycles. The Labute approximate surface area is 139 Å². The Hall–Kier alpha value is -0.410. The fourth-order valence-electron chi connectivity index (χ4n) is 7.39. The van der Waals surface area contributed by atoms with E-state index in [-0.39, 0.29) is 16.7 Å². The van der Waals surface area contributed by atoms with Gasteiger partial charge in [-0.2, -0.15) is 0 Å². The number of Topliss-reactive ketones (excluding diaryl/α,β-unsaturated/α-hetero) is 1. The zero-order valence-electron chi connectivity index (χ0n) is 14.8. The maximum Gasteiger partial charge on any atom is 0.136 e. The van der Waals surface area contributed by atoms with Crippen molar-refractivity contribution in [2.75, 3.05) is 0 Å². The van der Waals surface area contributed by atoms with Crippen LogP contribution in [0.4, 0.5) is 0 Å². The van der Waals surface area contributed by atoms with Crippen molar-refractivity contribution in [3.05, 3.63) is 0 Å². The van der Waals surface area contributed by atoms with Gasteiger partial charge in [-0.1, -0.05) is 20.8 Å². The lowest BCUT2D eigenvalue weighted by Gasteiger charge is -2.60. The van der Waals surface area contributed by atoms with Gasteiger partial charge in [-0.05, 0) is 73.0 Å². The number of aliphatic hydroxyl groups is 2. The average Bonchev–Trinajstić information content (AvgIpc) is 2.73. The molecule has 0 amide bonds. The highest BCUT2D eigenvalue weighted by Gasteiger charge is 2.62. The van der Waals surface area contributed by atoms with Gasteiger partial charge in [0.25, 0.3) is 0 Å². The predicted molar refractivity (Wildman–Crippen MR) is 88.7 cm³/mol. The van der Waals surface area contributed by atoms with Gasteiger partial charge in [0.05, 0.1) is 12.2 Å². The van der Waals surface area contributed by atoms with Gasteiger partial charge in [-0.3, -0.25) is 4.79 Å². The SMILES string of the molecule is CC1CC2(C)C(CCC3C2CCC2(C)C(O)C(O)CC32)CC1=O. The molecule has 3 nitrogen and oxygen atoms in total. The smallest absolute Gasteiger partial charge is 0.136 e. The number of ketones is 1. The first kappa shape index (κ1) is 16.1. The molecule has 0 aromatic rings. The molecule has 23 heavy (non-hydrogen) atoms. The molecule has 0 saturated heterocycles. The standard InChI is InChI=1S/C20H32O3/c1-11-10-20(3)12(8-16(11)21)4-5-13-14(20)6-7-19(2)15(13)9-17(22)18(19)23/h11-15,17-18,22-23H,4-10H2,1-3H3. The number of aliphatic hydroxyl groups excluding tert-OH is 2. The molecule has 0 bridgehead atoms. The van der Waals surface area contributed by atoms with E-state index in [4.69, 9.17) is 0 Å². The molecule has 9 unspecified atom stereocenters. The summed E-state index contributed by atoms with van der Waals surface area (Å²) in [5.74, 6) is 3.00. The highest BCUT2D eigenvalue weighted by molar-refractivity contribution is 5.82. The van der Waals surface area contributed by atoms with Crippen molar-refractivity contribution in [2.45, 2.75) is 77.9 Å². The molecule has 130 valence electrons. The first-order chi connectivity index (χ1) is 10.8. The molecular weight excluding hydrogens is 288 g/mol. The predicted octanol–water partition coefficient (Wildman–Crippen LogP) is 3.18. The number of carbonyl (C=O) groups excluding carboxylic acids is 1. The first-order valence-corrected chi connectivity index (χ1v) is 9.66. The van der Waals surface area contributed by atoms with Crippen molar-refractivity contribution in [3.8, 4) is 0 Å². The van der Waals surface area contributed by atoms with Crippen LogP contribution in [0.25, 0.3) is 0 Å². The quantitative estimate of drug-likeness (QED) is 0.721. The Morgan fingerprint density at radius 2 is 1.78 bits per heavy atom. The Bertz CT molecular complexity index is 517. The molecule has 0 spiro atoms. The lowest BCUT2D eigenvalue weighted by molar-refractivity contribution is -0.149. The average molecular weight is 320 g/mol. The summed E-state index contributed by atoms with van der Waals surface area (Å²) < 4.78 is 0.